The highest BCUT2D eigenvalue weighted by Crippen LogP contribution is 2.38. The number of pyridine rings is 1. The Morgan fingerprint density at radius 1 is 1.19 bits per heavy atom. The molecule has 1 saturated heterocycles. The highest BCUT2D eigenvalue weighted by Gasteiger charge is 2.51. The maximum Gasteiger partial charge on any atom is 0.291 e. The standard InChI is InChI=1S/C24H28N2O5/c1-4-5-12-31-18-8-9-19(16(2)14-18)22(27)20-21(17-7-6-10-25-15-17)26(11-13-30-3)24(29)23(20)28/h6-10,14-15,20-21H,4-5,11-13H2,1-3H3. The summed E-state index contributed by atoms with van der Waals surface area (Å²) in [7, 11) is 1.53. The third-order valence-electron chi connectivity index (χ3n) is 5.48. The van der Waals surface area contributed by atoms with Gasteiger partial charge in [0.2, 0.25) is 5.78 Å². The number of carbonyl (C=O) groups excluding carboxylic acids is 3. The van der Waals surface area contributed by atoms with E-state index in [-0.39, 0.29) is 18.9 Å². The monoisotopic (exact) mass is 424 g/mol. The molecule has 1 aromatic carbocycles. The lowest BCUT2D eigenvalue weighted by molar-refractivity contribution is -0.141. The molecule has 2 atom stereocenters. The lowest BCUT2D eigenvalue weighted by Crippen LogP contribution is -2.33. The molecule has 1 aromatic heterocycles. The van der Waals surface area contributed by atoms with Crippen molar-refractivity contribution in [1.82, 2.24) is 9.88 Å². The topological polar surface area (TPSA) is 85.8 Å². The maximum atomic E-state index is 13.5. The predicted molar refractivity (Wildman–Crippen MR) is 115 cm³/mol. The minimum absolute atomic E-state index is 0.216. The smallest absolute Gasteiger partial charge is 0.291 e. The van der Waals surface area contributed by atoms with Gasteiger partial charge < -0.3 is 14.4 Å². The minimum atomic E-state index is -1.13. The quantitative estimate of drug-likeness (QED) is 0.252. The molecule has 3 rings (SSSR count). The number of nitrogens with zero attached hydrogens (tertiary/aromatic N) is 2. The number of benzene rings is 1. The molecule has 0 spiro atoms. The van der Waals surface area contributed by atoms with Crippen LogP contribution in [-0.2, 0) is 14.3 Å². The second-order valence-corrected chi connectivity index (χ2v) is 7.61. The number of ketones is 2. The summed E-state index contributed by atoms with van der Waals surface area (Å²) in [4.78, 5) is 44.7. The summed E-state index contributed by atoms with van der Waals surface area (Å²) in [5.41, 5.74) is 1.77. The Morgan fingerprint density at radius 3 is 2.65 bits per heavy atom. The number of Topliss-reactive ketones (excluding diaryl/α,β-unsaturated/α-hetero) is 2. The fourth-order valence-electron chi connectivity index (χ4n) is 3.84. The van der Waals surface area contributed by atoms with Crippen molar-refractivity contribution < 1.29 is 23.9 Å². The van der Waals surface area contributed by atoms with Gasteiger partial charge in [-0.15, -0.1) is 0 Å². The molecule has 164 valence electrons. The van der Waals surface area contributed by atoms with Crippen LogP contribution in [0.4, 0.5) is 0 Å². The molecule has 0 saturated carbocycles. The van der Waals surface area contributed by atoms with E-state index in [1.165, 1.54) is 12.0 Å². The molecule has 2 aromatic rings. The first-order valence-corrected chi connectivity index (χ1v) is 10.5. The van der Waals surface area contributed by atoms with Crippen molar-refractivity contribution in [2.24, 2.45) is 5.92 Å². The molecule has 1 amide bonds. The van der Waals surface area contributed by atoms with Crippen LogP contribution in [0.5, 0.6) is 5.75 Å². The Bertz CT molecular complexity index is 944. The zero-order valence-electron chi connectivity index (χ0n) is 18.2. The van der Waals surface area contributed by atoms with Gasteiger partial charge in [0.05, 0.1) is 19.3 Å². The van der Waals surface area contributed by atoms with E-state index < -0.39 is 23.7 Å². The van der Waals surface area contributed by atoms with Gasteiger partial charge in [0.1, 0.15) is 11.7 Å². The molecule has 0 aliphatic carbocycles. The predicted octanol–water partition coefficient (Wildman–Crippen LogP) is 3.17. The largest absolute Gasteiger partial charge is 0.494 e. The zero-order valence-corrected chi connectivity index (χ0v) is 18.2. The van der Waals surface area contributed by atoms with Gasteiger partial charge in [0.15, 0.2) is 5.78 Å². The highest BCUT2D eigenvalue weighted by atomic mass is 16.5. The van der Waals surface area contributed by atoms with Crippen molar-refractivity contribution in [3.63, 3.8) is 0 Å². The van der Waals surface area contributed by atoms with E-state index >= 15 is 0 Å². The fraction of sp³-hybridized carbons (Fsp3) is 0.417. The van der Waals surface area contributed by atoms with Crippen LogP contribution < -0.4 is 4.74 Å². The summed E-state index contributed by atoms with van der Waals surface area (Å²) in [5.74, 6) is -2.18. The van der Waals surface area contributed by atoms with Crippen LogP contribution >= 0.6 is 0 Å². The molecule has 1 aliphatic heterocycles. The second kappa shape index (κ2) is 10.3. The summed E-state index contributed by atoms with van der Waals surface area (Å²) in [6.07, 6.45) is 5.18. The van der Waals surface area contributed by atoms with E-state index in [1.54, 1.807) is 42.7 Å². The van der Waals surface area contributed by atoms with Gasteiger partial charge in [-0.05, 0) is 48.7 Å². The highest BCUT2D eigenvalue weighted by molar-refractivity contribution is 6.44. The van der Waals surface area contributed by atoms with Gasteiger partial charge in [0, 0.05) is 31.6 Å². The first-order chi connectivity index (χ1) is 15.0. The molecule has 1 aliphatic rings. The Balaban J connectivity index is 1.94. The number of unbranched alkanes of at least 4 members (excludes halogenated alkanes) is 1. The van der Waals surface area contributed by atoms with Crippen molar-refractivity contribution in [3.05, 3.63) is 59.4 Å². The lowest BCUT2D eigenvalue weighted by Gasteiger charge is -2.26. The van der Waals surface area contributed by atoms with Gasteiger partial charge >= 0.3 is 0 Å². The Kier molecular flexibility index (Phi) is 7.52. The average molecular weight is 424 g/mol. The summed E-state index contributed by atoms with van der Waals surface area (Å²) in [5, 5.41) is 0. The van der Waals surface area contributed by atoms with Crippen LogP contribution in [0, 0.1) is 12.8 Å². The SMILES string of the molecule is CCCCOc1ccc(C(=O)C2C(=O)C(=O)N(CCOC)C2c2cccnc2)c(C)c1. The number of amides is 1. The Labute approximate surface area is 182 Å². The average Bonchev–Trinajstić information content (AvgIpc) is 3.03. The second-order valence-electron chi connectivity index (χ2n) is 7.61. The summed E-state index contributed by atoms with van der Waals surface area (Å²) >= 11 is 0. The molecule has 7 nitrogen and oxygen atoms in total. The van der Waals surface area contributed by atoms with Crippen molar-refractivity contribution in [1.29, 1.82) is 0 Å². The van der Waals surface area contributed by atoms with Crippen LogP contribution in [0.15, 0.2) is 42.7 Å². The number of ether oxygens (including phenoxy) is 2. The minimum Gasteiger partial charge on any atom is -0.494 e. The molecule has 7 heteroatoms. The van der Waals surface area contributed by atoms with Gasteiger partial charge in [-0.2, -0.15) is 0 Å². The molecule has 2 unspecified atom stereocenters. The Morgan fingerprint density at radius 2 is 2.00 bits per heavy atom. The number of rotatable bonds is 10. The molecule has 31 heavy (non-hydrogen) atoms. The van der Waals surface area contributed by atoms with Crippen LogP contribution in [-0.4, -0.2) is 54.2 Å². The Hall–Kier alpha value is -3.06. The van der Waals surface area contributed by atoms with Crippen molar-refractivity contribution in [2.75, 3.05) is 26.9 Å². The normalized spacial score (nSPS) is 18.5. The van der Waals surface area contributed by atoms with Gasteiger partial charge in [-0.3, -0.25) is 19.4 Å². The third-order valence-corrected chi connectivity index (χ3v) is 5.48. The zero-order chi connectivity index (χ0) is 22.4. The first kappa shape index (κ1) is 22.6. The van der Waals surface area contributed by atoms with Crippen molar-refractivity contribution in [3.8, 4) is 5.75 Å². The molecular weight excluding hydrogens is 396 g/mol. The van der Waals surface area contributed by atoms with E-state index in [2.05, 4.69) is 11.9 Å². The fourth-order valence-corrected chi connectivity index (χ4v) is 3.84. The van der Waals surface area contributed by atoms with Crippen LogP contribution in [0.1, 0.15) is 47.3 Å². The number of methoxy groups -OCH3 is 1. The molecule has 0 radical (unpaired) electrons. The van der Waals surface area contributed by atoms with Crippen LogP contribution in [0.2, 0.25) is 0 Å². The summed E-state index contributed by atoms with van der Waals surface area (Å²) < 4.78 is 10.8. The van der Waals surface area contributed by atoms with Gasteiger partial charge in [-0.1, -0.05) is 19.4 Å². The summed E-state index contributed by atoms with van der Waals surface area (Å²) in [6, 6.07) is 8.00. The number of likely N-dealkylation sites (tertiary alicyclic amines) is 1. The van der Waals surface area contributed by atoms with Crippen molar-refractivity contribution in [2.45, 2.75) is 32.7 Å². The van der Waals surface area contributed by atoms with E-state index in [1.807, 2.05) is 6.92 Å². The number of aromatic nitrogens is 1. The van der Waals surface area contributed by atoms with E-state index in [0.717, 1.165) is 12.8 Å². The first-order valence-electron chi connectivity index (χ1n) is 10.5. The third kappa shape index (κ3) is 4.82. The number of aryl methyl sites for hydroxylation is 1. The molecule has 0 bridgehead atoms. The maximum absolute atomic E-state index is 13.5. The van der Waals surface area contributed by atoms with E-state index in [9.17, 15) is 14.4 Å². The van der Waals surface area contributed by atoms with E-state index in [4.69, 9.17) is 9.47 Å². The summed E-state index contributed by atoms with van der Waals surface area (Å²) in [6.45, 7) is 4.98. The molecular formula is C24H28N2O5. The molecule has 1 fully saturated rings. The van der Waals surface area contributed by atoms with Crippen LogP contribution in [0.25, 0.3) is 0 Å². The molecule has 2 heterocycles. The van der Waals surface area contributed by atoms with E-state index in [0.29, 0.717) is 29.0 Å². The van der Waals surface area contributed by atoms with Gasteiger partial charge in [-0.25, -0.2) is 0 Å². The van der Waals surface area contributed by atoms with Crippen molar-refractivity contribution >= 4 is 17.5 Å². The van der Waals surface area contributed by atoms with Gasteiger partial charge in [0.25, 0.3) is 5.91 Å². The van der Waals surface area contributed by atoms with Crippen LogP contribution in [0.3, 0.4) is 0 Å². The number of carbonyl (C=O) groups is 3. The molecule has 0 N–H and O–H groups in total. The lowest BCUT2D eigenvalue weighted by atomic mass is 9.85. The number of hydrogen-bond donors (Lipinski definition) is 0. The number of hydrogen-bond acceptors (Lipinski definition) is 6.